The van der Waals surface area contributed by atoms with Gasteiger partial charge in [-0.3, -0.25) is 0 Å². The van der Waals surface area contributed by atoms with E-state index in [1.807, 2.05) is 0 Å². The van der Waals surface area contributed by atoms with E-state index in [-0.39, 0.29) is 0 Å². The summed E-state index contributed by atoms with van der Waals surface area (Å²) < 4.78 is 5.65. The minimum atomic E-state index is 0.487. The standard InChI is InChI=1S/C17H28N2O/c1-13(2)10-18-11-14(3)19-12-15-6-7-17-16(9-15)5-4-8-20-17/h6-7,9,13-14,18-19H,4-5,8,10-12H2,1-3H3. The molecule has 0 bridgehead atoms. The van der Waals surface area contributed by atoms with Gasteiger partial charge in [-0.15, -0.1) is 0 Å². The number of ether oxygens (including phenoxy) is 1. The van der Waals surface area contributed by atoms with Crippen LogP contribution in [-0.2, 0) is 13.0 Å². The van der Waals surface area contributed by atoms with Gasteiger partial charge in [-0.25, -0.2) is 0 Å². The fourth-order valence-electron chi connectivity index (χ4n) is 2.48. The zero-order chi connectivity index (χ0) is 14.4. The van der Waals surface area contributed by atoms with E-state index in [2.05, 4.69) is 49.6 Å². The molecule has 0 saturated carbocycles. The molecule has 3 heteroatoms. The van der Waals surface area contributed by atoms with Crippen molar-refractivity contribution in [3.8, 4) is 5.75 Å². The van der Waals surface area contributed by atoms with E-state index in [0.717, 1.165) is 44.8 Å². The van der Waals surface area contributed by atoms with Gasteiger partial charge in [-0.2, -0.15) is 0 Å². The second kappa shape index (κ2) is 7.65. The van der Waals surface area contributed by atoms with Gasteiger partial charge in [-0.05, 0) is 49.4 Å². The molecule has 20 heavy (non-hydrogen) atoms. The Labute approximate surface area is 123 Å². The van der Waals surface area contributed by atoms with Crippen LogP contribution in [0.1, 0.15) is 38.3 Å². The number of hydrogen-bond acceptors (Lipinski definition) is 3. The van der Waals surface area contributed by atoms with Crippen molar-refractivity contribution in [1.82, 2.24) is 10.6 Å². The first-order valence-corrected chi connectivity index (χ1v) is 7.84. The molecule has 0 aliphatic carbocycles. The molecule has 0 radical (unpaired) electrons. The van der Waals surface area contributed by atoms with Gasteiger partial charge in [0.05, 0.1) is 6.61 Å². The lowest BCUT2D eigenvalue weighted by Crippen LogP contribution is -2.37. The van der Waals surface area contributed by atoms with Crippen molar-refractivity contribution in [2.45, 2.75) is 46.2 Å². The van der Waals surface area contributed by atoms with Crippen molar-refractivity contribution in [1.29, 1.82) is 0 Å². The highest BCUT2D eigenvalue weighted by molar-refractivity contribution is 5.38. The van der Waals surface area contributed by atoms with E-state index >= 15 is 0 Å². The average Bonchev–Trinajstić information content (AvgIpc) is 2.44. The molecule has 0 spiro atoms. The Kier molecular flexibility index (Phi) is 5.86. The Bertz CT molecular complexity index is 417. The van der Waals surface area contributed by atoms with E-state index < -0.39 is 0 Å². The zero-order valence-electron chi connectivity index (χ0n) is 13.0. The van der Waals surface area contributed by atoms with Crippen LogP contribution in [0.4, 0.5) is 0 Å². The minimum absolute atomic E-state index is 0.487. The molecule has 2 N–H and O–H groups in total. The third kappa shape index (κ3) is 4.80. The molecule has 112 valence electrons. The Hall–Kier alpha value is -1.06. The highest BCUT2D eigenvalue weighted by atomic mass is 16.5. The summed E-state index contributed by atoms with van der Waals surface area (Å²) in [4.78, 5) is 0. The van der Waals surface area contributed by atoms with Crippen molar-refractivity contribution in [3.05, 3.63) is 29.3 Å². The van der Waals surface area contributed by atoms with E-state index in [0.29, 0.717) is 12.0 Å². The summed E-state index contributed by atoms with van der Waals surface area (Å²) >= 11 is 0. The van der Waals surface area contributed by atoms with Crippen LogP contribution in [0.5, 0.6) is 5.75 Å². The molecule has 0 saturated heterocycles. The summed E-state index contributed by atoms with van der Waals surface area (Å²) in [7, 11) is 0. The molecule has 1 aliphatic rings. The molecule has 1 unspecified atom stereocenters. The van der Waals surface area contributed by atoms with Crippen LogP contribution in [0.2, 0.25) is 0 Å². The maximum absolute atomic E-state index is 5.65. The van der Waals surface area contributed by atoms with Crippen LogP contribution >= 0.6 is 0 Å². The van der Waals surface area contributed by atoms with E-state index in [4.69, 9.17) is 4.74 Å². The quantitative estimate of drug-likeness (QED) is 0.803. The smallest absolute Gasteiger partial charge is 0.122 e. The summed E-state index contributed by atoms with van der Waals surface area (Å²) in [6.45, 7) is 10.6. The van der Waals surface area contributed by atoms with Gasteiger partial charge in [0.1, 0.15) is 5.75 Å². The second-order valence-corrected chi connectivity index (χ2v) is 6.23. The number of hydrogen-bond donors (Lipinski definition) is 2. The number of rotatable bonds is 7. The molecular weight excluding hydrogens is 248 g/mol. The van der Waals surface area contributed by atoms with Gasteiger partial charge >= 0.3 is 0 Å². The Morgan fingerprint density at radius 2 is 2.05 bits per heavy atom. The maximum atomic E-state index is 5.65. The molecule has 1 atom stereocenters. The van der Waals surface area contributed by atoms with Crippen molar-refractivity contribution in [2.24, 2.45) is 5.92 Å². The largest absolute Gasteiger partial charge is 0.493 e. The predicted molar refractivity (Wildman–Crippen MR) is 84.3 cm³/mol. The lowest BCUT2D eigenvalue weighted by molar-refractivity contribution is 0.288. The Balaban J connectivity index is 1.76. The minimum Gasteiger partial charge on any atom is -0.493 e. The summed E-state index contributed by atoms with van der Waals surface area (Å²) in [5.74, 6) is 1.79. The molecule has 1 aromatic rings. The van der Waals surface area contributed by atoms with Crippen molar-refractivity contribution < 1.29 is 4.74 Å². The number of fused-ring (bicyclic) bond motifs is 1. The fraction of sp³-hybridized carbons (Fsp3) is 0.647. The molecule has 3 nitrogen and oxygen atoms in total. The molecule has 1 aromatic carbocycles. The first-order chi connectivity index (χ1) is 9.65. The topological polar surface area (TPSA) is 33.3 Å². The van der Waals surface area contributed by atoms with E-state index in [1.165, 1.54) is 11.1 Å². The van der Waals surface area contributed by atoms with Crippen LogP contribution in [-0.4, -0.2) is 25.7 Å². The number of nitrogens with one attached hydrogen (secondary N) is 2. The monoisotopic (exact) mass is 276 g/mol. The van der Waals surface area contributed by atoms with Gasteiger partial charge in [0.2, 0.25) is 0 Å². The van der Waals surface area contributed by atoms with Gasteiger partial charge in [0, 0.05) is 19.1 Å². The molecule has 1 aliphatic heterocycles. The third-order valence-electron chi connectivity index (χ3n) is 3.63. The van der Waals surface area contributed by atoms with Gasteiger partial charge in [-0.1, -0.05) is 26.0 Å². The van der Waals surface area contributed by atoms with Crippen molar-refractivity contribution in [3.63, 3.8) is 0 Å². The van der Waals surface area contributed by atoms with Crippen LogP contribution in [0.15, 0.2) is 18.2 Å². The average molecular weight is 276 g/mol. The molecule has 0 fully saturated rings. The molecule has 1 heterocycles. The SMILES string of the molecule is CC(C)CNCC(C)NCc1ccc2c(c1)CCCO2. The molecular formula is C17H28N2O. The fourth-order valence-corrected chi connectivity index (χ4v) is 2.48. The molecule has 0 aromatic heterocycles. The van der Waals surface area contributed by atoms with Gasteiger partial charge in [0.25, 0.3) is 0 Å². The third-order valence-corrected chi connectivity index (χ3v) is 3.63. The van der Waals surface area contributed by atoms with E-state index in [1.54, 1.807) is 0 Å². The highest BCUT2D eigenvalue weighted by Gasteiger charge is 2.10. The predicted octanol–water partition coefficient (Wildman–Crippen LogP) is 2.74. The maximum Gasteiger partial charge on any atom is 0.122 e. The zero-order valence-corrected chi connectivity index (χ0v) is 13.0. The van der Waals surface area contributed by atoms with Crippen LogP contribution in [0.3, 0.4) is 0 Å². The van der Waals surface area contributed by atoms with Gasteiger partial charge < -0.3 is 15.4 Å². The molecule has 0 amide bonds. The van der Waals surface area contributed by atoms with Crippen LogP contribution < -0.4 is 15.4 Å². The molecule has 2 rings (SSSR count). The first-order valence-electron chi connectivity index (χ1n) is 7.84. The van der Waals surface area contributed by atoms with E-state index in [9.17, 15) is 0 Å². The lowest BCUT2D eigenvalue weighted by Gasteiger charge is -2.19. The van der Waals surface area contributed by atoms with Crippen LogP contribution in [0, 0.1) is 5.92 Å². The summed E-state index contributed by atoms with van der Waals surface area (Å²) in [5, 5.41) is 7.06. The summed E-state index contributed by atoms with van der Waals surface area (Å²) in [6.07, 6.45) is 2.29. The van der Waals surface area contributed by atoms with Gasteiger partial charge in [0.15, 0.2) is 0 Å². The van der Waals surface area contributed by atoms with Crippen LogP contribution in [0.25, 0.3) is 0 Å². The summed E-state index contributed by atoms with van der Waals surface area (Å²) in [6, 6.07) is 7.06. The van der Waals surface area contributed by atoms with Crippen molar-refractivity contribution >= 4 is 0 Å². The Morgan fingerprint density at radius 1 is 1.20 bits per heavy atom. The Morgan fingerprint density at radius 3 is 2.85 bits per heavy atom. The first kappa shape index (κ1) is 15.3. The normalized spacial score (nSPS) is 15.8. The number of aryl methyl sites for hydroxylation is 1. The van der Waals surface area contributed by atoms with Crippen molar-refractivity contribution in [2.75, 3.05) is 19.7 Å². The lowest BCUT2D eigenvalue weighted by atomic mass is 10.0. The summed E-state index contributed by atoms with van der Waals surface area (Å²) in [5.41, 5.74) is 2.71. The highest BCUT2D eigenvalue weighted by Crippen LogP contribution is 2.25. The second-order valence-electron chi connectivity index (χ2n) is 6.23. The number of benzene rings is 1.